The van der Waals surface area contributed by atoms with Gasteiger partial charge in [0.2, 0.25) is 5.91 Å². The zero-order chi connectivity index (χ0) is 17.2. The number of nitrogens with zero attached hydrogens (tertiary/aromatic N) is 1. The molecule has 7 nitrogen and oxygen atoms in total. The molecule has 1 rings (SSSR count). The minimum atomic E-state index is -0.804. The second kappa shape index (κ2) is 9.34. The van der Waals surface area contributed by atoms with E-state index in [0.29, 0.717) is 5.56 Å². The van der Waals surface area contributed by atoms with Gasteiger partial charge in [-0.25, -0.2) is 4.79 Å². The van der Waals surface area contributed by atoms with Crippen LogP contribution >= 0.6 is 0 Å². The van der Waals surface area contributed by atoms with Gasteiger partial charge in [-0.15, -0.1) is 0 Å². The number of primary amides is 1. The largest absolute Gasteiger partial charge is 0.463 e. The van der Waals surface area contributed by atoms with Crippen LogP contribution in [0.4, 0.5) is 5.69 Å². The number of rotatable bonds is 9. The molecule has 0 aliphatic carbocycles. The Kier molecular flexibility index (Phi) is 7.45. The molecule has 0 aromatic heterocycles. The molecule has 1 aromatic carbocycles. The molecule has 2 N–H and O–H groups in total. The van der Waals surface area contributed by atoms with Crippen LogP contribution in [0.5, 0.6) is 0 Å². The van der Waals surface area contributed by atoms with Gasteiger partial charge >= 0.3 is 5.97 Å². The highest BCUT2D eigenvalue weighted by Crippen LogP contribution is 2.18. The van der Waals surface area contributed by atoms with Crippen molar-refractivity contribution in [1.29, 1.82) is 0 Å². The lowest BCUT2D eigenvalue weighted by atomic mass is 10.0. The number of non-ortho nitro benzene ring substituents is 1. The molecule has 0 saturated heterocycles. The van der Waals surface area contributed by atoms with Gasteiger partial charge in [0.25, 0.3) is 5.69 Å². The molecule has 0 atom stereocenters. The van der Waals surface area contributed by atoms with Gasteiger partial charge in [-0.2, -0.15) is 0 Å². The van der Waals surface area contributed by atoms with Gasteiger partial charge in [-0.05, 0) is 24.1 Å². The van der Waals surface area contributed by atoms with Gasteiger partial charge in [-0.1, -0.05) is 26.2 Å². The first-order chi connectivity index (χ1) is 11.0. The van der Waals surface area contributed by atoms with E-state index in [9.17, 15) is 19.7 Å². The number of carbonyl (C=O) groups excluding carboxylic acids is 2. The Bertz CT molecular complexity index is 593. The smallest absolute Gasteiger partial charge is 0.331 e. The van der Waals surface area contributed by atoms with E-state index in [1.165, 1.54) is 24.3 Å². The predicted molar refractivity (Wildman–Crippen MR) is 85.4 cm³/mol. The van der Waals surface area contributed by atoms with E-state index >= 15 is 0 Å². The average molecular weight is 320 g/mol. The summed E-state index contributed by atoms with van der Waals surface area (Å²) >= 11 is 0. The van der Waals surface area contributed by atoms with Crippen molar-refractivity contribution < 1.29 is 19.2 Å². The molecule has 1 amide bonds. The molecule has 0 heterocycles. The van der Waals surface area contributed by atoms with Crippen LogP contribution in [0.15, 0.2) is 30.3 Å². The average Bonchev–Trinajstić information content (AvgIpc) is 2.52. The summed E-state index contributed by atoms with van der Waals surface area (Å²) in [5.74, 6) is -1.46. The van der Waals surface area contributed by atoms with Crippen molar-refractivity contribution in [2.75, 3.05) is 6.61 Å². The fourth-order valence-corrected chi connectivity index (χ4v) is 1.92. The third-order valence-electron chi connectivity index (χ3n) is 3.16. The van der Waals surface area contributed by atoms with E-state index in [0.717, 1.165) is 31.8 Å². The molecule has 0 radical (unpaired) electrons. The van der Waals surface area contributed by atoms with E-state index in [1.807, 2.05) is 0 Å². The first kappa shape index (κ1) is 18.3. The van der Waals surface area contributed by atoms with Gasteiger partial charge in [0.15, 0.2) is 0 Å². The minimum Gasteiger partial charge on any atom is -0.463 e. The summed E-state index contributed by atoms with van der Waals surface area (Å²) in [5.41, 5.74) is 5.43. The minimum absolute atomic E-state index is 0.0431. The molecule has 0 unspecified atom stereocenters. The zero-order valence-electron chi connectivity index (χ0n) is 13.0. The number of benzene rings is 1. The van der Waals surface area contributed by atoms with E-state index in [1.54, 1.807) is 0 Å². The van der Waals surface area contributed by atoms with Crippen molar-refractivity contribution in [3.63, 3.8) is 0 Å². The predicted octanol–water partition coefficient (Wildman–Crippen LogP) is 2.59. The van der Waals surface area contributed by atoms with Crippen LogP contribution < -0.4 is 5.73 Å². The molecule has 1 aromatic rings. The Morgan fingerprint density at radius 3 is 2.39 bits per heavy atom. The van der Waals surface area contributed by atoms with Crippen LogP contribution in [-0.2, 0) is 14.3 Å². The third kappa shape index (κ3) is 6.29. The first-order valence-corrected chi connectivity index (χ1v) is 7.38. The maximum Gasteiger partial charge on any atom is 0.331 e. The number of hydrogen-bond acceptors (Lipinski definition) is 5. The van der Waals surface area contributed by atoms with Crippen molar-refractivity contribution in [1.82, 2.24) is 0 Å². The van der Waals surface area contributed by atoms with Crippen LogP contribution in [0.3, 0.4) is 0 Å². The summed E-state index contributed by atoms with van der Waals surface area (Å²) in [6.07, 6.45) is 4.90. The summed E-state index contributed by atoms with van der Waals surface area (Å²) in [6.45, 7) is 2.36. The Balaban J connectivity index is 2.75. The molecule has 124 valence electrons. The molecular formula is C16H20N2O5. The highest BCUT2D eigenvalue weighted by atomic mass is 16.6. The Morgan fingerprint density at radius 1 is 1.22 bits per heavy atom. The second-order valence-electron chi connectivity index (χ2n) is 4.95. The van der Waals surface area contributed by atoms with E-state index in [-0.39, 0.29) is 17.9 Å². The highest BCUT2D eigenvalue weighted by Gasteiger charge is 2.13. The fourth-order valence-electron chi connectivity index (χ4n) is 1.92. The lowest BCUT2D eigenvalue weighted by Crippen LogP contribution is -2.15. The van der Waals surface area contributed by atoms with Crippen LogP contribution in [0.1, 0.15) is 38.2 Å². The van der Waals surface area contributed by atoms with E-state index in [4.69, 9.17) is 10.5 Å². The SMILES string of the molecule is CCCCCCOC(=O)/C=C(\C(N)=O)c1ccc([N+](=O)[O-])cc1. The lowest BCUT2D eigenvalue weighted by Gasteiger charge is -2.05. The number of carbonyl (C=O) groups is 2. The standard InChI is InChI=1S/C16H20N2O5/c1-2-3-4-5-10-23-15(19)11-14(16(17)20)12-6-8-13(9-7-12)18(21)22/h6-9,11H,2-5,10H2,1H3,(H2,17,20)/b14-11-. The van der Waals surface area contributed by atoms with Gasteiger partial charge in [-0.3, -0.25) is 14.9 Å². The Hall–Kier alpha value is -2.70. The van der Waals surface area contributed by atoms with Gasteiger partial charge in [0, 0.05) is 18.2 Å². The summed E-state index contributed by atoms with van der Waals surface area (Å²) in [5, 5.41) is 10.6. The molecule has 0 bridgehead atoms. The number of nitrogens with two attached hydrogens (primary N) is 1. The molecule has 0 fully saturated rings. The van der Waals surface area contributed by atoms with Gasteiger partial charge < -0.3 is 10.5 Å². The van der Waals surface area contributed by atoms with Crippen molar-refractivity contribution in [3.8, 4) is 0 Å². The number of esters is 1. The maximum absolute atomic E-state index is 11.7. The Labute approximate surface area is 134 Å². The number of hydrogen-bond donors (Lipinski definition) is 1. The summed E-state index contributed by atoms with van der Waals surface area (Å²) in [7, 11) is 0. The number of ether oxygens (including phenoxy) is 1. The molecule has 0 spiro atoms. The van der Waals surface area contributed by atoms with Crippen LogP contribution in [0.25, 0.3) is 5.57 Å². The van der Waals surface area contributed by atoms with E-state index < -0.39 is 16.8 Å². The van der Waals surface area contributed by atoms with Crippen molar-refractivity contribution in [2.45, 2.75) is 32.6 Å². The summed E-state index contributed by atoms with van der Waals surface area (Å²) < 4.78 is 5.02. The Morgan fingerprint density at radius 2 is 1.87 bits per heavy atom. The number of nitro groups is 1. The molecule has 7 heteroatoms. The molecular weight excluding hydrogens is 300 g/mol. The van der Waals surface area contributed by atoms with E-state index in [2.05, 4.69) is 6.92 Å². The zero-order valence-corrected chi connectivity index (χ0v) is 13.0. The lowest BCUT2D eigenvalue weighted by molar-refractivity contribution is -0.384. The first-order valence-electron chi connectivity index (χ1n) is 7.38. The van der Waals surface area contributed by atoms with Gasteiger partial charge in [0.05, 0.1) is 17.1 Å². The number of nitro benzene ring substituents is 1. The molecule has 0 saturated carbocycles. The second-order valence-corrected chi connectivity index (χ2v) is 4.95. The number of amides is 1. The van der Waals surface area contributed by atoms with Crippen LogP contribution in [-0.4, -0.2) is 23.4 Å². The van der Waals surface area contributed by atoms with Gasteiger partial charge in [0.1, 0.15) is 0 Å². The molecule has 0 aliphatic heterocycles. The number of unbranched alkanes of at least 4 members (excludes halogenated alkanes) is 3. The monoisotopic (exact) mass is 320 g/mol. The summed E-state index contributed by atoms with van der Waals surface area (Å²) in [6, 6.07) is 5.21. The fraction of sp³-hybridized carbons (Fsp3) is 0.375. The molecule has 23 heavy (non-hydrogen) atoms. The quantitative estimate of drug-likeness (QED) is 0.247. The van der Waals surface area contributed by atoms with Crippen molar-refractivity contribution >= 4 is 23.1 Å². The highest BCUT2D eigenvalue weighted by molar-refractivity contribution is 6.22. The molecule has 0 aliphatic rings. The topological polar surface area (TPSA) is 113 Å². The third-order valence-corrected chi connectivity index (χ3v) is 3.16. The van der Waals surface area contributed by atoms with Crippen LogP contribution in [0, 0.1) is 10.1 Å². The maximum atomic E-state index is 11.7. The van der Waals surface area contributed by atoms with Crippen molar-refractivity contribution in [3.05, 3.63) is 46.0 Å². The van der Waals surface area contributed by atoms with Crippen molar-refractivity contribution in [2.24, 2.45) is 5.73 Å². The summed E-state index contributed by atoms with van der Waals surface area (Å²) in [4.78, 5) is 33.3. The normalized spacial score (nSPS) is 11.1. The van der Waals surface area contributed by atoms with Crippen LogP contribution in [0.2, 0.25) is 0 Å².